The molecule has 12 heavy (non-hydrogen) atoms. The van der Waals surface area contributed by atoms with Crippen LogP contribution < -0.4 is 11.5 Å². The predicted octanol–water partition coefficient (Wildman–Crippen LogP) is 1.32. The molecule has 0 aromatic rings. The fourth-order valence-electron chi connectivity index (χ4n) is 1.50. The lowest BCUT2D eigenvalue weighted by Gasteiger charge is -2.01. The van der Waals surface area contributed by atoms with E-state index in [-0.39, 0.29) is 0 Å². The van der Waals surface area contributed by atoms with E-state index in [0.717, 1.165) is 12.0 Å². The quantitative estimate of drug-likeness (QED) is 0.711. The van der Waals surface area contributed by atoms with Gasteiger partial charge in [0.2, 0.25) is 0 Å². The Labute approximate surface area is 71.9 Å². The van der Waals surface area contributed by atoms with Gasteiger partial charge in [-0.2, -0.15) is 0 Å². The fraction of sp³-hybridized carbons (Fsp3) is 0.200. The van der Waals surface area contributed by atoms with E-state index in [9.17, 15) is 0 Å². The third-order valence-corrected chi connectivity index (χ3v) is 2.21. The van der Waals surface area contributed by atoms with Gasteiger partial charge in [0, 0.05) is 0 Å². The van der Waals surface area contributed by atoms with Crippen molar-refractivity contribution in [3.05, 3.63) is 30.0 Å². The van der Waals surface area contributed by atoms with Crippen LogP contribution in [0.1, 0.15) is 12.0 Å². The molecule has 2 heteroatoms. The van der Waals surface area contributed by atoms with Gasteiger partial charge < -0.3 is 11.5 Å². The molecule has 0 saturated carbocycles. The summed E-state index contributed by atoms with van der Waals surface area (Å²) < 4.78 is 0. The van der Waals surface area contributed by atoms with Crippen LogP contribution in [-0.4, -0.2) is 6.54 Å². The van der Waals surface area contributed by atoms with Crippen molar-refractivity contribution in [1.29, 1.82) is 0 Å². The monoisotopic (exact) mass is 160 g/mol. The summed E-state index contributed by atoms with van der Waals surface area (Å²) in [6, 6.07) is 6.39. The molecule has 2 rings (SSSR count). The number of hydrogen-bond donors (Lipinski definition) is 2. The maximum absolute atomic E-state index is 5.51. The van der Waals surface area contributed by atoms with Gasteiger partial charge in [0.15, 0.2) is 0 Å². The molecular weight excluding hydrogens is 148 g/mol. The first kappa shape index (κ1) is 7.37. The van der Waals surface area contributed by atoms with Crippen LogP contribution in [0.3, 0.4) is 0 Å². The summed E-state index contributed by atoms with van der Waals surface area (Å²) in [5.74, 6) is 0. The van der Waals surface area contributed by atoms with E-state index in [0.29, 0.717) is 6.54 Å². The van der Waals surface area contributed by atoms with Crippen molar-refractivity contribution in [3.63, 3.8) is 0 Å². The van der Waals surface area contributed by atoms with Crippen LogP contribution in [0.15, 0.2) is 24.4 Å². The van der Waals surface area contributed by atoms with E-state index in [1.165, 1.54) is 16.7 Å². The molecule has 0 unspecified atom stereocenters. The predicted molar refractivity (Wildman–Crippen MR) is 51.3 cm³/mol. The van der Waals surface area contributed by atoms with Crippen LogP contribution in [0, 0.1) is 0 Å². The third-order valence-electron chi connectivity index (χ3n) is 2.21. The number of hydrogen-bond acceptors (Lipinski definition) is 2. The van der Waals surface area contributed by atoms with Crippen molar-refractivity contribution in [2.75, 3.05) is 6.54 Å². The van der Waals surface area contributed by atoms with E-state index in [1.807, 2.05) is 0 Å². The highest BCUT2D eigenvalue weighted by molar-refractivity contribution is 5.93. The Morgan fingerprint density at radius 1 is 1.42 bits per heavy atom. The van der Waals surface area contributed by atoms with Crippen LogP contribution in [0.25, 0.3) is 16.7 Å². The minimum Gasteiger partial charge on any atom is -0.404 e. The number of rotatable bonds is 3. The molecule has 0 aliphatic heterocycles. The minimum absolute atomic E-state index is 0.656. The van der Waals surface area contributed by atoms with E-state index < -0.39 is 0 Å². The van der Waals surface area contributed by atoms with Gasteiger partial charge in [-0.3, -0.25) is 0 Å². The first-order chi connectivity index (χ1) is 5.86. The second-order valence-electron chi connectivity index (χ2n) is 2.99. The van der Waals surface area contributed by atoms with Gasteiger partial charge in [-0.05, 0) is 47.5 Å². The zero-order valence-electron chi connectivity index (χ0n) is 6.88. The smallest absolute Gasteiger partial charge is 0.00230 e. The Morgan fingerprint density at radius 3 is 2.67 bits per heavy atom. The maximum Gasteiger partial charge on any atom is -0.00230 e. The summed E-state index contributed by atoms with van der Waals surface area (Å²) in [7, 11) is 0. The molecule has 0 amide bonds. The van der Waals surface area contributed by atoms with Crippen LogP contribution in [0.5, 0.6) is 0 Å². The van der Waals surface area contributed by atoms with Crippen molar-refractivity contribution in [1.82, 2.24) is 0 Å². The van der Waals surface area contributed by atoms with Gasteiger partial charge in [-0.25, -0.2) is 0 Å². The summed E-state index contributed by atoms with van der Waals surface area (Å²) in [5, 5.41) is 0. The Morgan fingerprint density at radius 2 is 2.25 bits per heavy atom. The third kappa shape index (κ3) is 1.01. The van der Waals surface area contributed by atoms with Crippen LogP contribution in [-0.2, 0) is 0 Å². The second-order valence-corrected chi connectivity index (χ2v) is 2.99. The molecule has 0 atom stereocenters. The first-order valence-electron chi connectivity index (χ1n) is 4.12. The van der Waals surface area contributed by atoms with Gasteiger partial charge in [0.1, 0.15) is 0 Å². The minimum atomic E-state index is 0.656. The van der Waals surface area contributed by atoms with Crippen molar-refractivity contribution in [2.45, 2.75) is 6.42 Å². The summed E-state index contributed by atoms with van der Waals surface area (Å²) in [5.41, 5.74) is 16.1. The average molecular weight is 160 g/mol. The molecule has 2 nitrogen and oxygen atoms in total. The molecule has 0 radical (unpaired) electrons. The second kappa shape index (κ2) is 2.64. The summed E-state index contributed by atoms with van der Waals surface area (Å²) in [6.45, 7) is 0.656. The maximum atomic E-state index is 5.51. The van der Waals surface area contributed by atoms with Crippen molar-refractivity contribution < 1.29 is 0 Å². The summed E-state index contributed by atoms with van der Waals surface area (Å²) in [4.78, 5) is 0. The van der Waals surface area contributed by atoms with Gasteiger partial charge >= 0.3 is 0 Å². The Kier molecular flexibility index (Phi) is 1.62. The van der Waals surface area contributed by atoms with Crippen LogP contribution in [0.4, 0.5) is 0 Å². The van der Waals surface area contributed by atoms with E-state index >= 15 is 0 Å². The lowest BCUT2D eigenvalue weighted by molar-refractivity contribution is 1.02. The van der Waals surface area contributed by atoms with E-state index in [2.05, 4.69) is 18.2 Å². The fourth-order valence-corrected chi connectivity index (χ4v) is 1.50. The van der Waals surface area contributed by atoms with Gasteiger partial charge in [0.05, 0.1) is 0 Å². The Hall–Kier alpha value is -1.28. The van der Waals surface area contributed by atoms with Gasteiger partial charge in [0.25, 0.3) is 0 Å². The highest BCUT2D eigenvalue weighted by atomic mass is 14.5. The molecule has 62 valence electrons. The number of nitrogens with two attached hydrogens (primary N) is 2. The molecular formula is C10H12N2. The molecule has 0 spiro atoms. The molecule has 0 fully saturated rings. The Balaban J connectivity index is 2.24. The Bertz CT molecular complexity index is 340. The van der Waals surface area contributed by atoms with Gasteiger partial charge in [-0.15, -0.1) is 0 Å². The highest BCUT2D eigenvalue weighted by Crippen LogP contribution is 2.41. The van der Waals surface area contributed by atoms with E-state index in [1.54, 1.807) is 6.20 Å². The average Bonchev–Trinajstić information content (AvgIpc) is 2.76. The lowest BCUT2D eigenvalue weighted by atomic mass is 10.1. The summed E-state index contributed by atoms with van der Waals surface area (Å²) >= 11 is 0. The topological polar surface area (TPSA) is 52.0 Å². The first-order valence-corrected chi connectivity index (χ1v) is 4.12. The normalized spacial score (nSPS) is 13.2. The molecule has 2 aliphatic carbocycles. The SMILES string of the molecule is N/C=C(/CCN)c1ccc2cc1-2. The largest absolute Gasteiger partial charge is 0.404 e. The van der Waals surface area contributed by atoms with Crippen molar-refractivity contribution in [3.8, 4) is 11.1 Å². The molecule has 2 aliphatic rings. The zero-order chi connectivity index (χ0) is 8.55. The molecule has 4 N–H and O–H groups in total. The van der Waals surface area contributed by atoms with Crippen molar-refractivity contribution >= 4 is 5.57 Å². The van der Waals surface area contributed by atoms with Crippen LogP contribution >= 0.6 is 0 Å². The molecule has 0 bridgehead atoms. The van der Waals surface area contributed by atoms with Crippen molar-refractivity contribution in [2.24, 2.45) is 11.5 Å². The van der Waals surface area contributed by atoms with E-state index in [4.69, 9.17) is 11.5 Å². The molecule has 0 aromatic carbocycles. The number of benzene rings is 1. The van der Waals surface area contributed by atoms with Gasteiger partial charge in [-0.1, -0.05) is 12.1 Å². The lowest BCUT2D eigenvalue weighted by Crippen LogP contribution is -2.00. The molecule has 0 saturated heterocycles. The standard InChI is InChI=1S/C10H12N2/c11-4-3-8(6-12)9-2-1-7-5-10(7)9/h1-2,5-6H,3-4,11-12H2/b8-6-. The zero-order valence-corrected chi connectivity index (χ0v) is 6.88. The number of fused-ring (bicyclic) bond motifs is 1. The molecule has 0 aromatic heterocycles. The van der Waals surface area contributed by atoms with Crippen LogP contribution in [0.2, 0.25) is 0 Å². The summed E-state index contributed by atoms with van der Waals surface area (Å²) in [6.07, 6.45) is 2.52. The highest BCUT2D eigenvalue weighted by Gasteiger charge is 2.18. The molecule has 0 heterocycles.